The standard InChI is InChI=1S/C25H21FN4O3/c1-17-15-23(30(29-17)20-13-11-18(26)12-14-20)28-24(31)16-33-22-10-6-5-9-21(22)25(32)27-19-7-3-2-4-8-19/h2-15H,16H2,1H3,(H,27,32)(H,28,31). The molecule has 0 fully saturated rings. The molecule has 7 nitrogen and oxygen atoms in total. The Morgan fingerprint density at radius 3 is 2.39 bits per heavy atom. The molecule has 166 valence electrons. The summed E-state index contributed by atoms with van der Waals surface area (Å²) in [7, 11) is 0. The fraction of sp³-hybridized carbons (Fsp3) is 0.0800. The summed E-state index contributed by atoms with van der Waals surface area (Å²) in [6.07, 6.45) is 0. The van der Waals surface area contributed by atoms with E-state index in [0.29, 0.717) is 28.5 Å². The van der Waals surface area contributed by atoms with E-state index in [1.54, 1.807) is 61.5 Å². The third-order valence-corrected chi connectivity index (χ3v) is 4.69. The van der Waals surface area contributed by atoms with E-state index in [0.717, 1.165) is 0 Å². The molecule has 0 saturated carbocycles. The summed E-state index contributed by atoms with van der Waals surface area (Å²) in [6.45, 7) is 1.47. The number of para-hydroxylation sites is 2. The number of carbonyl (C=O) groups is 2. The number of ether oxygens (including phenoxy) is 1. The Morgan fingerprint density at radius 1 is 0.939 bits per heavy atom. The Bertz CT molecular complexity index is 1270. The van der Waals surface area contributed by atoms with Gasteiger partial charge in [-0.3, -0.25) is 9.59 Å². The highest BCUT2D eigenvalue weighted by atomic mass is 19.1. The molecule has 0 atom stereocenters. The molecule has 0 bridgehead atoms. The SMILES string of the molecule is Cc1cc(NC(=O)COc2ccccc2C(=O)Nc2ccccc2)n(-c2ccc(F)cc2)n1. The molecular weight excluding hydrogens is 423 g/mol. The summed E-state index contributed by atoms with van der Waals surface area (Å²) < 4.78 is 20.4. The van der Waals surface area contributed by atoms with E-state index in [4.69, 9.17) is 4.74 Å². The molecule has 1 heterocycles. The van der Waals surface area contributed by atoms with Crippen molar-refractivity contribution in [2.75, 3.05) is 17.2 Å². The van der Waals surface area contributed by atoms with E-state index in [2.05, 4.69) is 15.7 Å². The fourth-order valence-electron chi connectivity index (χ4n) is 3.19. The average molecular weight is 444 g/mol. The first-order valence-electron chi connectivity index (χ1n) is 10.2. The summed E-state index contributed by atoms with van der Waals surface area (Å²) >= 11 is 0. The first-order valence-corrected chi connectivity index (χ1v) is 10.2. The van der Waals surface area contributed by atoms with Crippen molar-refractivity contribution in [2.24, 2.45) is 0 Å². The minimum absolute atomic E-state index is 0.282. The van der Waals surface area contributed by atoms with Crippen LogP contribution in [0.1, 0.15) is 16.1 Å². The van der Waals surface area contributed by atoms with Crippen molar-refractivity contribution in [2.45, 2.75) is 6.92 Å². The van der Waals surface area contributed by atoms with Crippen LogP contribution in [0.4, 0.5) is 15.9 Å². The fourth-order valence-corrected chi connectivity index (χ4v) is 3.19. The van der Waals surface area contributed by atoms with Crippen molar-refractivity contribution in [1.82, 2.24) is 9.78 Å². The van der Waals surface area contributed by atoms with E-state index in [1.807, 2.05) is 18.2 Å². The largest absolute Gasteiger partial charge is 0.483 e. The molecule has 0 spiro atoms. The molecule has 8 heteroatoms. The minimum atomic E-state index is -0.434. The predicted molar refractivity (Wildman–Crippen MR) is 123 cm³/mol. The van der Waals surface area contributed by atoms with Crippen molar-refractivity contribution in [3.63, 3.8) is 0 Å². The Morgan fingerprint density at radius 2 is 1.64 bits per heavy atom. The maximum absolute atomic E-state index is 13.2. The Hall–Kier alpha value is -4.46. The van der Waals surface area contributed by atoms with Gasteiger partial charge in [0.15, 0.2) is 6.61 Å². The monoisotopic (exact) mass is 444 g/mol. The van der Waals surface area contributed by atoms with Gasteiger partial charge < -0.3 is 15.4 Å². The Balaban J connectivity index is 1.43. The lowest BCUT2D eigenvalue weighted by Crippen LogP contribution is -2.23. The van der Waals surface area contributed by atoms with Gasteiger partial charge in [-0.15, -0.1) is 0 Å². The van der Waals surface area contributed by atoms with Crippen molar-refractivity contribution >= 4 is 23.3 Å². The van der Waals surface area contributed by atoms with E-state index in [1.165, 1.54) is 16.8 Å². The molecule has 0 saturated heterocycles. The highest BCUT2D eigenvalue weighted by molar-refractivity contribution is 6.06. The molecule has 3 aromatic carbocycles. The van der Waals surface area contributed by atoms with Gasteiger partial charge in [0.2, 0.25) is 0 Å². The Labute approximate surface area is 189 Å². The molecule has 0 aliphatic rings. The highest BCUT2D eigenvalue weighted by Gasteiger charge is 2.15. The lowest BCUT2D eigenvalue weighted by atomic mass is 10.2. The number of benzene rings is 3. The molecule has 1 aromatic heterocycles. The van der Waals surface area contributed by atoms with E-state index >= 15 is 0 Å². The lowest BCUT2D eigenvalue weighted by molar-refractivity contribution is -0.118. The van der Waals surface area contributed by atoms with Gasteiger partial charge in [0, 0.05) is 11.8 Å². The molecule has 0 aliphatic heterocycles. The predicted octanol–water partition coefficient (Wildman–Crippen LogP) is 4.59. The van der Waals surface area contributed by atoms with Crippen LogP contribution < -0.4 is 15.4 Å². The van der Waals surface area contributed by atoms with Gasteiger partial charge in [0.25, 0.3) is 11.8 Å². The number of rotatable bonds is 7. The molecule has 0 unspecified atom stereocenters. The quantitative estimate of drug-likeness (QED) is 0.437. The minimum Gasteiger partial charge on any atom is -0.483 e. The number of amides is 2. The van der Waals surface area contributed by atoms with Gasteiger partial charge in [0.1, 0.15) is 17.4 Å². The second kappa shape index (κ2) is 9.78. The van der Waals surface area contributed by atoms with Gasteiger partial charge in [-0.25, -0.2) is 9.07 Å². The smallest absolute Gasteiger partial charge is 0.263 e. The molecular formula is C25H21FN4O3. The number of aromatic nitrogens is 2. The number of hydrogen-bond donors (Lipinski definition) is 2. The van der Waals surface area contributed by atoms with E-state index in [-0.39, 0.29) is 24.1 Å². The molecule has 0 aliphatic carbocycles. The summed E-state index contributed by atoms with van der Waals surface area (Å²) in [6, 6.07) is 23.2. The van der Waals surface area contributed by atoms with Crippen LogP contribution in [0.2, 0.25) is 0 Å². The summed E-state index contributed by atoms with van der Waals surface area (Å²) in [5.74, 6) is -0.442. The highest BCUT2D eigenvalue weighted by Crippen LogP contribution is 2.21. The molecule has 4 aromatic rings. The van der Waals surface area contributed by atoms with E-state index < -0.39 is 5.91 Å². The van der Waals surface area contributed by atoms with E-state index in [9.17, 15) is 14.0 Å². The second-order valence-electron chi connectivity index (χ2n) is 7.21. The second-order valence-corrected chi connectivity index (χ2v) is 7.21. The zero-order valence-electron chi connectivity index (χ0n) is 17.8. The Kier molecular flexibility index (Phi) is 6.45. The first kappa shape index (κ1) is 21.8. The maximum atomic E-state index is 13.2. The summed E-state index contributed by atoms with van der Waals surface area (Å²) in [5, 5.41) is 9.89. The van der Waals surface area contributed by atoms with Crippen LogP contribution in [0.15, 0.2) is 84.9 Å². The molecule has 0 radical (unpaired) electrons. The van der Waals surface area contributed by atoms with Gasteiger partial charge in [-0.1, -0.05) is 30.3 Å². The van der Waals surface area contributed by atoms with Crippen LogP contribution in [0.25, 0.3) is 5.69 Å². The zero-order chi connectivity index (χ0) is 23.2. The normalized spacial score (nSPS) is 10.5. The maximum Gasteiger partial charge on any atom is 0.263 e. The summed E-state index contributed by atoms with van der Waals surface area (Å²) in [4.78, 5) is 25.2. The number of hydrogen-bond acceptors (Lipinski definition) is 4. The van der Waals surface area contributed by atoms with Gasteiger partial charge >= 0.3 is 0 Å². The van der Waals surface area contributed by atoms with Gasteiger partial charge in [-0.05, 0) is 55.5 Å². The number of aryl methyl sites for hydroxylation is 1. The number of anilines is 2. The first-order chi connectivity index (χ1) is 16.0. The lowest BCUT2D eigenvalue weighted by Gasteiger charge is -2.12. The van der Waals surface area contributed by atoms with Crippen LogP contribution in [0, 0.1) is 12.7 Å². The summed E-state index contributed by atoms with van der Waals surface area (Å²) in [5.41, 5.74) is 2.24. The van der Waals surface area contributed by atoms with Crippen molar-refractivity contribution < 1.29 is 18.7 Å². The molecule has 4 rings (SSSR count). The topological polar surface area (TPSA) is 85.2 Å². The van der Waals surface area contributed by atoms with Crippen molar-refractivity contribution in [3.05, 3.63) is 102 Å². The van der Waals surface area contributed by atoms with Crippen molar-refractivity contribution in [1.29, 1.82) is 0 Å². The van der Waals surface area contributed by atoms with Gasteiger partial charge in [0.05, 0.1) is 16.9 Å². The van der Waals surface area contributed by atoms with Crippen LogP contribution >= 0.6 is 0 Å². The van der Waals surface area contributed by atoms with Gasteiger partial charge in [-0.2, -0.15) is 5.10 Å². The van der Waals surface area contributed by atoms with Crippen LogP contribution in [-0.2, 0) is 4.79 Å². The van der Waals surface area contributed by atoms with Crippen LogP contribution in [0.3, 0.4) is 0 Å². The number of halogens is 1. The number of nitrogens with zero attached hydrogens (tertiary/aromatic N) is 2. The number of carbonyl (C=O) groups excluding carboxylic acids is 2. The third kappa shape index (κ3) is 5.43. The van der Waals surface area contributed by atoms with Crippen molar-refractivity contribution in [3.8, 4) is 11.4 Å². The molecule has 2 N–H and O–H groups in total. The van der Waals surface area contributed by atoms with Crippen LogP contribution in [0.5, 0.6) is 5.75 Å². The molecule has 2 amide bonds. The average Bonchev–Trinajstić information content (AvgIpc) is 3.18. The number of nitrogens with one attached hydrogen (secondary N) is 2. The zero-order valence-corrected chi connectivity index (χ0v) is 17.8. The molecule has 33 heavy (non-hydrogen) atoms. The third-order valence-electron chi connectivity index (χ3n) is 4.69. The van der Waals surface area contributed by atoms with Crippen LogP contribution in [-0.4, -0.2) is 28.2 Å².